The molecule has 1 N–H and O–H groups in total. The molecule has 0 saturated heterocycles. The molecule has 114 valence electrons. The Morgan fingerprint density at radius 2 is 2.00 bits per heavy atom. The van der Waals surface area contributed by atoms with Crippen LogP contribution in [0.15, 0.2) is 11.6 Å². The van der Waals surface area contributed by atoms with Gasteiger partial charge >= 0.3 is 5.97 Å². The van der Waals surface area contributed by atoms with Gasteiger partial charge in [-0.1, -0.05) is 5.57 Å². The molecule has 0 fully saturated rings. The number of hydrogen-bond acceptors (Lipinski definition) is 4. The molecular weight excluding hydrogens is 286 g/mol. The molecule has 1 aliphatic carbocycles. The third-order valence-electron chi connectivity index (χ3n) is 3.31. The highest BCUT2D eigenvalue weighted by molar-refractivity contribution is 7.17. The van der Waals surface area contributed by atoms with Crippen molar-refractivity contribution >= 4 is 28.2 Å². The number of carbonyl (C=O) groups excluding carboxylic acids is 2. The zero-order chi connectivity index (χ0) is 15.4. The Morgan fingerprint density at radius 1 is 1.29 bits per heavy atom. The zero-order valence-electron chi connectivity index (χ0n) is 12.7. The van der Waals surface area contributed by atoms with E-state index in [1.807, 2.05) is 13.8 Å². The van der Waals surface area contributed by atoms with Crippen molar-refractivity contribution in [2.24, 2.45) is 0 Å². The predicted molar refractivity (Wildman–Crippen MR) is 85.0 cm³/mol. The minimum absolute atomic E-state index is 0.195. The number of carbonyl (C=O) groups is 2. The van der Waals surface area contributed by atoms with Gasteiger partial charge in [0.1, 0.15) is 5.00 Å². The Hall–Kier alpha value is -1.62. The Kier molecular flexibility index (Phi) is 5.17. The SMILES string of the molecule is CCOC(=O)c1c(NC(=O)C=C(C)C)sc2c1CCCC2. The average Bonchev–Trinajstić information content (AvgIpc) is 2.75. The molecule has 0 saturated carbocycles. The van der Waals surface area contributed by atoms with Gasteiger partial charge < -0.3 is 10.1 Å². The van der Waals surface area contributed by atoms with Gasteiger partial charge in [0.15, 0.2) is 0 Å². The first-order valence-corrected chi connectivity index (χ1v) is 8.12. The summed E-state index contributed by atoms with van der Waals surface area (Å²) in [7, 11) is 0. The molecular formula is C16H21NO3S. The number of amides is 1. The summed E-state index contributed by atoms with van der Waals surface area (Å²) in [6.45, 7) is 5.86. The van der Waals surface area contributed by atoms with E-state index in [2.05, 4.69) is 5.32 Å². The minimum atomic E-state index is -0.329. The molecule has 0 aliphatic heterocycles. The van der Waals surface area contributed by atoms with E-state index in [0.717, 1.165) is 36.8 Å². The monoisotopic (exact) mass is 307 g/mol. The summed E-state index contributed by atoms with van der Waals surface area (Å²) < 4.78 is 5.16. The maximum absolute atomic E-state index is 12.2. The van der Waals surface area contributed by atoms with Crippen molar-refractivity contribution in [2.75, 3.05) is 11.9 Å². The summed E-state index contributed by atoms with van der Waals surface area (Å²) >= 11 is 1.51. The first kappa shape index (κ1) is 15.8. The third-order valence-corrected chi connectivity index (χ3v) is 4.51. The van der Waals surface area contributed by atoms with Crippen LogP contribution >= 0.6 is 11.3 Å². The lowest BCUT2D eigenvalue weighted by Crippen LogP contribution is -2.14. The van der Waals surface area contributed by atoms with Gasteiger partial charge in [0, 0.05) is 11.0 Å². The molecule has 4 nitrogen and oxygen atoms in total. The molecule has 1 heterocycles. The highest BCUT2D eigenvalue weighted by Gasteiger charge is 2.26. The number of aryl methyl sites for hydroxylation is 1. The van der Waals surface area contributed by atoms with Crippen LogP contribution in [0, 0.1) is 0 Å². The number of esters is 1. The molecule has 1 aromatic rings. The van der Waals surface area contributed by atoms with Gasteiger partial charge in [0.2, 0.25) is 5.91 Å². The maximum Gasteiger partial charge on any atom is 0.341 e. The fourth-order valence-corrected chi connectivity index (χ4v) is 3.76. The number of anilines is 1. The van der Waals surface area contributed by atoms with Crippen molar-refractivity contribution < 1.29 is 14.3 Å². The number of ether oxygens (including phenoxy) is 1. The van der Waals surface area contributed by atoms with Crippen LogP contribution in [0.25, 0.3) is 0 Å². The number of fused-ring (bicyclic) bond motifs is 1. The summed E-state index contributed by atoms with van der Waals surface area (Å²) in [4.78, 5) is 25.4. The molecule has 21 heavy (non-hydrogen) atoms. The minimum Gasteiger partial charge on any atom is -0.462 e. The number of rotatable bonds is 4. The molecule has 0 bridgehead atoms. The van der Waals surface area contributed by atoms with Crippen LogP contribution in [0.5, 0.6) is 0 Å². The molecule has 2 rings (SSSR count). The smallest absolute Gasteiger partial charge is 0.341 e. The van der Waals surface area contributed by atoms with Crippen molar-refractivity contribution in [3.8, 4) is 0 Å². The quantitative estimate of drug-likeness (QED) is 0.681. The van der Waals surface area contributed by atoms with E-state index in [9.17, 15) is 9.59 Å². The highest BCUT2D eigenvalue weighted by atomic mass is 32.1. The van der Waals surface area contributed by atoms with Crippen molar-refractivity contribution in [2.45, 2.75) is 46.5 Å². The van der Waals surface area contributed by atoms with E-state index in [4.69, 9.17) is 4.74 Å². The van der Waals surface area contributed by atoms with E-state index in [-0.39, 0.29) is 11.9 Å². The highest BCUT2D eigenvalue weighted by Crippen LogP contribution is 2.38. The lowest BCUT2D eigenvalue weighted by Gasteiger charge is -2.12. The van der Waals surface area contributed by atoms with Crippen molar-refractivity contribution in [1.82, 2.24) is 0 Å². The van der Waals surface area contributed by atoms with Crippen molar-refractivity contribution in [3.63, 3.8) is 0 Å². The number of thiophene rings is 1. The van der Waals surface area contributed by atoms with E-state index >= 15 is 0 Å². The third kappa shape index (κ3) is 3.73. The average molecular weight is 307 g/mol. The second-order valence-corrected chi connectivity index (χ2v) is 6.45. The van der Waals surface area contributed by atoms with Crippen LogP contribution in [0.3, 0.4) is 0 Å². The van der Waals surface area contributed by atoms with E-state index in [0.29, 0.717) is 17.2 Å². The Bertz CT molecular complexity index is 583. The molecule has 0 atom stereocenters. The van der Waals surface area contributed by atoms with E-state index < -0.39 is 0 Å². The topological polar surface area (TPSA) is 55.4 Å². The summed E-state index contributed by atoms with van der Waals surface area (Å²) in [6, 6.07) is 0. The van der Waals surface area contributed by atoms with Crippen LogP contribution in [-0.4, -0.2) is 18.5 Å². The fourth-order valence-electron chi connectivity index (χ4n) is 2.48. The molecule has 1 amide bonds. The zero-order valence-corrected chi connectivity index (χ0v) is 13.6. The van der Waals surface area contributed by atoms with Crippen molar-refractivity contribution in [3.05, 3.63) is 27.7 Å². The lowest BCUT2D eigenvalue weighted by atomic mass is 9.95. The van der Waals surface area contributed by atoms with Gasteiger partial charge in [-0.15, -0.1) is 11.3 Å². The van der Waals surface area contributed by atoms with Crippen LogP contribution in [0.1, 0.15) is 54.4 Å². The first-order valence-electron chi connectivity index (χ1n) is 7.30. The van der Waals surface area contributed by atoms with Crippen molar-refractivity contribution in [1.29, 1.82) is 0 Å². The molecule has 0 aromatic carbocycles. The van der Waals surface area contributed by atoms with Gasteiger partial charge in [0.25, 0.3) is 0 Å². The summed E-state index contributed by atoms with van der Waals surface area (Å²) in [5.41, 5.74) is 2.55. The second kappa shape index (κ2) is 6.89. The largest absolute Gasteiger partial charge is 0.462 e. The Morgan fingerprint density at radius 3 is 2.67 bits per heavy atom. The van der Waals surface area contributed by atoms with Gasteiger partial charge in [-0.05, 0) is 52.0 Å². The van der Waals surface area contributed by atoms with Gasteiger partial charge in [-0.2, -0.15) is 0 Å². The van der Waals surface area contributed by atoms with Gasteiger partial charge in [-0.3, -0.25) is 4.79 Å². The van der Waals surface area contributed by atoms with Gasteiger partial charge in [-0.25, -0.2) is 4.79 Å². The first-order chi connectivity index (χ1) is 10.0. The normalized spacial score (nSPS) is 13.3. The van der Waals surface area contributed by atoms with Crippen LogP contribution in [0.4, 0.5) is 5.00 Å². The summed E-state index contributed by atoms with van der Waals surface area (Å²) in [5.74, 6) is -0.524. The molecule has 1 aromatic heterocycles. The second-order valence-electron chi connectivity index (χ2n) is 5.35. The molecule has 0 unspecified atom stereocenters. The number of allylic oxidation sites excluding steroid dienone is 1. The lowest BCUT2D eigenvalue weighted by molar-refractivity contribution is -0.111. The number of nitrogens with one attached hydrogen (secondary N) is 1. The van der Waals surface area contributed by atoms with Crippen LogP contribution < -0.4 is 5.32 Å². The molecule has 5 heteroatoms. The predicted octanol–water partition coefficient (Wildman–Crippen LogP) is 3.71. The Labute approximate surface area is 129 Å². The van der Waals surface area contributed by atoms with E-state index in [1.165, 1.54) is 22.3 Å². The van der Waals surface area contributed by atoms with Crippen LogP contribution in [-0.2, 0) is 22.4 Å². The van der Waals surface area contributed by atoms with Gasteiger partial charge in [0.05, 0.1) is 12.2 Å². The maximum atomic E-state index is 12.2. The number of hydrogen-bond donors (Lipinski definition) is 1. The van der Waals surface area contributed by atoms with E-state index in [1.54, 1.807) is 6.92 Å². The molecule has 1 aliphatic rings. The Balaban J connectivity index is 2.35. The molecule has 0 spiro atoms. The standard InChI is InChI=1S/C16H21NO3S/c1-4-20-16(19)14-11-7-5-6-8-12(11)21-15(14)17-13(18)9-10(2)3/h9H,4-8H2,1-3H3,(H,17,18). The molecule has 0 radical (unpaired) electrons. The summed E-state index contributed by atoms with van der Waals surface area (Å²) in [5, 5.41) is 3.47. The van der Waals surface area contributed by atoms with Crippen LogP contribution in [0.2, 0.25) is 0 Å². The summed E-state index contributed by atoms with van der Waals surface area (Å²) in [6.07, 6.45) is 5.62. The fraction of sp³-hybridized carbons (Fsp3) is 0.500.